The van der Waals surface area contributed by atoms with E-state index in [1.54, 1.807) is 0 Å². The van der Waals surface area contributed by atoms with Gasteiger partial charge in [0.1, 0.15) is 11.3 Å². The third-order valence-corrected chi connectivity index (χ3v) is 3.92. The number of rotatable bonds is 3. The molecule has 7 nitrogen and oxygen atoms in total. The monoisotopic (exact) mass is 292 g/mol. The number of nitrogens with zero attached hydrogens (tertiary/aromatic N) is 2. The maximum absolute atomic E-state index is 12.3. The molecule has 0 aliphatic carbocycles. The number of hydrogen-bond acceptors (Lipinski definition) is 5. The molecule has 0 spiro atoms. The Morgan fingerprint density at radius 3 is 2.43 bits per heavy atom. The minimum Gasteiger partial charge on any atom is -0.508 e. The average molecular weight is 292 g/mol. The molecule has 0 unspecified atom stereocenters. The molecule has 7 heteroatoms. The van der Waals surface area contributed by atoms with Crippen LogP contribution in [-0.4, -0.2) is 52.6 Å². The molecule has 0 bridgehead atoms. The van der Waals surface area contributed by atoms with Gasteiger partial charge in [0, 0.05) is 18.7 Å². The van der Waals surface area contributed by atoms with Gasteiger partial charge in [0.25, 0.3) is 5.91 Å². The highest BCUT2D eigenvalue weighted by atomic mass is 16.4. The van der Waals surface area contributed by atoms with E-state index in [0.717, 1.165) is 13.1 Å². The van der Waals surface area contributed by atoms with Crippen LogP contribution in [0.5, 0.6) is 5.75 Å². The van der Waals surface area contributed by atoms with Gasteiger partial charge in [-0.2, -0.15) is 0 Å². The zero-order valence-electron chi connectivity index (χ0n) is 11.9. The highest BCUT2D eigenvalue weighted by molar-refractivity contribution is 6.00. The third kappa shape index (κ3) is 3.25. The fourth-order valence-electron chi connectivity index (χ4n) is 2.44. The zero-order valence-corrected chi connectivity index (χ0v) is 11.9. The van der Waals surface area contributed by atoms with Gasteiger partial charge in [-0.05, 0) is 44.2 Å². The molecule has 0 radical (unpaired) electrons. The highest BCUT2D eigenvalue weighted by Crippen LogP contribution is 2.23. The van der Waals surface area contributed by atoms with Crippen LogP contribution in [0.3, 0.4) is 0 Å². The van der Waals surface area contributed by atoms with E-state index in [0.29, 0.717) is 18.4 Å². The van der Waals surface area contributed by atoms with Crippen LogP contribution in [0.2, 0.25) is 0 Å². The Morgan fingerprint density at radius 2 is 1.90 bits per heavy atom. The van der Waals surface area contributed by atoms with Crippen LogP contribution in [0.15, 0.2) is 29.4 Å². The molecule has 1 fully saturated rings. The summed E-state index contributed by atoms with van der Waals surface area (Å²) in [5.41, 5.74) is 5.38. The maximum Gasteiger partial charge on any atom is 0.252 e. The van der Waals surface area contributed by atoms with Crippen LogP contribution in [-0.2, 0) is 0 Å². The molecule has 2 rings (SSSR count). The normalized spacial score (nSPS) is 19.2. The number of nitrogens with one attached hydrogen (secondary N) is 1. The number of benzene rings is 1. The van der Waals surface area contributed by atoms with Crippen LogP contribution < -0.4 is 11.1 Å². The standard InChI is InChI=1S/C14H20N4O3/c1-18-8-6-14(7-9-18,13(15)17-21)16-12(20)10-2-4-11(19)5-3-10/h2-5,19,21H,6-9H2,1H3,(H2,15,17)(H,16,20). The first-order valence-corrected chi connectivity index (χ1v) is 6.75. The van der Waals surface area contributed by atoms with Gasteiger partial charge in [-0.1, -0.05) is 5.16 Å². The number of carbonyl (C=O) groups is 1. The lowest BCUT2D eigenvalue weighted by Gasteiger charge is -2.40. The van der Waals surface area contributed by atoms with Crippen molar-refractivity contribution in [3.63, 3.8) is 0 Å². The number of oxime groups is 1. The molecule has 1 saturated heterocycles. The molecular formula is C14H20N4O3. The first-order chi connectivity index (χ1) is 9.97. The van der Waals surface area contributed by atoms with Crippen molar-refractivity contribution in [2.45, 2.75) is 18.4 Å². The summed E-state index contributed by atoms with van der Waals surface area (Å²) in [6.45, 7) is 1.48. The minimum absolute atomic E-state index is 0.0164. The Hall–Kier alpha value is -2.28. The van der Waals surface area contributed by atoms with Crippen LogP contribution >= 0.6 is 0 Å². The lowest BCUT2D eigenvalue weighted by Crippen LogP contribution is -2.62. The highest BCUT2D eigenvalue weighted by Gasteiger charge is 2.39. The van der Waals surface area contributed by atoms with Crippen LogP contribution in [0.25, 0.3) is 0 Å². The molecule has 5 N–H and O–H groups in total. The molecule has 1 aromatic rings. The van der Waals surface area contributed by atoms with Crippen LogP contribution in [0.1, 0.15) is 23.2 Å². The van der Waals surface area contributed by atoms with E-state index >= 15 is 0 Å². The molecule has 1 amide bonds. The number of amides is 1. The van der Waals surface area contributed by atoms with E-state index in [-0.39, 0.29) is 17.5 Å². The molecule has 1 aliphatic heterocycles. The number of carbonyl (C=O) groups excluding carboxylic acids is 1. The van der Waals surface area contributed by atoms with Crippen molar-refractivity contribution in [1.29, 1.82) is 0 Å². The number of phenolic OH excluding ortho intramolecular Hbond substituents is 1. The smallest absolute Gasteiger partial charge is 0.252 e. The second kappa shape index (κ2) is 6.01. The summed E-state index contributed by atoms with van der Waals surface area (Å²) in [4.78, 5) is 14.5. The van der Waals surface area contributed by atoms with Crippen molar-refractivity contribution in [1.82, 2.24) is 10.2 Å². The summed E-state index contributed by atoms with van der Waals surface area (Å²) >= 11 is 0. The zero-order chi connectivity index (χ0) is 15.5. The molecule has 1 aliphatic rings. The van der Waals surface area contributed by atoms with Crippen molar-refractivity contribution in [2.75, 3.05) is 20.1 Å². The summed E-state index contributed by atoms with van der Waals surface area (Å²) in [6.07, 6.45) is 1.15. The van der Waals surface area contributed by atoms with Crippen molar-refractivity contribution >= 4 is 11.7 Å². The van der Waals surface area contributed by atoms with Gasteiger partial charge in [-0.25, -0.2) is 0 Å². The van der Waals surface area contributed by atoms with Crippen molar-refractivity contribution in [3.05, 3.63) is 29.8 Å². The Labute approximate surface area is 123 Å². The summed E-state index contributed by atoms with van der Waals surface area (Å²) in [7, 11) is 1.98. The lowest BCUT2D eigenvalue weighted by molar-refractivity contribution is 0.0886. The molecule has 0 saturated carbocycles. The Morgan fingerprint density at radius 1 is 1.33 bits per heavy atom. The third-order valence-electron chi connectivity index (χ3n) is 3.92. The van der Waals surface area contributed by atoms with Crippen molar-refractivity contribution in [3.8, 4) is 5.75 Å². The average Bonchev–Trinajstić information content (AvgIpc) is 2.49. The van der Waals surface area contributed by atoms with E-state index in [4.69, 9.17) is 10.9 Å². The molecule has 0 atom stereocenters. The van der Waals surface area contributed by atoms with Crippen molar-refractivity contribution < 1.29 is 15.1 Å². The van der Waals surface area contributed by atoms with Gasteiger partial charge in [-0.3, -0.25) is 4.79 Å². The first kappa shape index (κ1) is 15.1. The fraction of sp³-hybridized carbons (Fsp3) is 0.429. The minimum atomic E-state index is -0.837. The van der Waals surface area contributed by atoms with Gasteiger partial charge >= 0.3 is 0 Å². The summed E-state index contributed by atoms with van der Waals surface area (Å²) < 4.78 is 0. The molecule has 0 aromatic heterocycles. The van der Waals surface area contributed by atoms with E-state index in [9.17, 15) is 9.90 Å². The van der Waals surface area contributed by atoms with Gasteiger partial charge in [0.15, 0.2) is 5.84 Å². The number of hydrogen-bond donors (Lipinski definition) is 4. The number of amidine groups is 1. The SMILES string of the molecule is CN1CCC(NC(=O)c2ccc(O)cc2)(/C(N)=N/O)CC1. The topological polar surface area (TPSA) is 111 Å². The maximum atomic E-state index is 12.3. The number of nitrogens with two attached hydrogens (primary N) is 1. The van der Waals surface area contributed by atoms with E-state index in [2.05, 4.69) is 15.4 Å². The van der Waals surface area contributed by atoms with Gasteiger partial charge in [-0.15, -0.1) is 0 Å². The van der Waals surface area contributed by atoms with Crippen LogP contribution in [0.4, 0.5) is 0 Å². The number of aromatic hydroxyl groups is 1. The number of piperidine rings is 1. The molecule has 21 heavy (non-hydrogen) atoms. The summed E-state index contributed by atoms with van der Waals surface area (Å²) in [6, 6.07) is 5.94. The number of likely N-dealkylation sites (tertiary alicyclic amines) is 1. The lowest BCUT2D eigenvalue weighted by atomic mass is 9.86. The molecule has 1 aromatic carbocycles. The summed E-state index contributed by atoms with van der Waals surface area (Å²) in [5.74, 6) is -0.203. The van der Waals surface area contributed by atoms with Crippen LogP contribution in [0, 0.1) is 0 Å². The Balaban J connectivity index is 2.19. The van der Waals surface area contributed by atoms with E-state index in [1.165, 1.54) is 24.3 Å². The Kier molecular flexibility index (Phi) is 4.32. The van der Waals surface area contributed by atoms with E-state index < -0.39 is 5.54 Å². The predicted octanol–water partition coefficient (Wildman–Crippen LogP) is 0.333. The Bertz CT molecular complexity index is 534. The van der Waals surface area contributed by atoms with Crippen molar-refractivity contribution in [2.24, 2.45) is 10.9 Å². The predicted molar refractivity (Wildman–Crippen MR) is 78.4 cm³/mol. The van der Waals surface area contributed by atoms with E-state index in [1.807, 2.05) is 7.05 Å². The second-order valence-corrected chi connectivity index (χ2v) is 5.37. The van der Waals surface area contributed by atoms with Gasteiger partial charge in [0.05, 0.1) is 0 Å². The molecule has 114 valence electrons. The number of phenols is 1. The van der Waals surface area contributed by atoms with Gasteiger partial charge < -0.3 is 26.3 Å². The molecule has 1 heterocycles. The fourth-order valence-corrected chi connectivity index (χ4v) is 2.44. The first-order valence-electron chi connectivity index (χ1n) is 6.75. The quantitative estimate of drug-likeness (QED) is 0.278. The second-order valence-electron chi connectivity index (χ2n) is 5.37. The molecular weight excluding hydrogens is 272 g/mol. The largest absolute Gasteiger partial charge is 0.508 e. The summed E-state index contributed by atoms with van der Waals surface area (Å²) in [5, 5.41) is 24.2. The van der Waals surface area contributed by atoms with Gasteiger partial charge in [0.2, 0.25) is 0 Å².